The van der Waals surface area contributed by atoms with Crippen molar-refractivity contribution in [2.75, 3.05) is 19.5 Å². The van der Waals surface area contributed by atoms with Crippen molar-refractivity contribution >= 4 is 22.8 Å². The Morgan fingerprint density at radius 1 is 0.941 bits per heavy atom. The van der Waals surface area contributed by atoms with Crippen molar-refractivity contribution < 1.29 is 9.47 Å². The van der Waals surface area contributed by atoms with Gasteiger partial charge in [-0.25, -0.2) is 9.97 Å². The zero-order chi connectivity index (χ0) is 24.1. The summed E-state index contributed by atoms with van der Waals surface area (Å²) in [5, 5.41) is 13.2. The molecule has 0 radical (unpaired) electrons. The lowest BCUT2D eigenvalue weighted by molar-refractivity contribution is 0.356. The Balaban J connectivity index is 1.67. The monoisotopic (exact) mass is 450 g/mol. The van der Waals surface area contributed by atoms with Gasteiger partial charge >= 0.3 is 0 Å². The quantitative estimate of drug-likeness (QED) is 0.331. The predicted octanol–water partition coefficient (Wildman–Crippen LogP) is 6.33. The number of aryl methyl sites for hydroxylation is 1. The van der Waals surface area contributed by atoms with E-state index in [1.807, 2.05) is 43.3 Å². The number of nitrogens with zero attached hydrogens (tertiary/aromatic N) is 3. The zero-order valence-electron chi connectivity index (χ0n) is 19.7. The highest BCUT2D eigenvalue weighted by atomic mass is 16.5. The van der Waals surface area contributed by atoms with Crippen LogP contribution in [-0.4, -0.2) is 24.2 Å². The fourth-order valence-corrected chi connectivity index (χ4v) is 3.91. The third kappa shape index (κ3) is 4.84. The second-order valence-electron chi connectivity index (χ2n) is 7.92. The summed E-state index contributed by atoms with van der Waals surface area (Å²) in [4.78, 5) is 9.24. The summed E-state index contributed by atoms with van der Waals surface area (Å²) in [7, 11) is 3.23. The summed E-state index contributed by atoms with van der Waals surface area (Å²) < 4.78 is 10.9. The van der Waals surface area contributed by atoms with Gasteiger partial charge in [0.2, 0.25) is 0 Å². The highest BCUT2D eigenvalue weighted by molar-refractivity contribution is 5.92. The van der Waals surface area contributed by atoms with Gasteiger partial charge in [-0.15, -0.1) is 0 Å². The molecule has 0 saturated heterocycles. The fourth-order valence-electron chi connectivity index (χ4n) is 3.91. The molecule has 170 valence electrons. The van der Waals surface area contributed by atoms with E-state index in [2.05, 4.69) is 58.6 Å². The van der Waals surface area contributed by atoms with Crippen molar-refractivity contribution in [2.45, 2.75) is 19.9 Å². The molecule has 1 N–H and O–H groups in total. The second-order valence-corrected chi connectivity index (χ2v) is 7.92. The minimum atomic E-state index is -0.00721. The maximum absolute atomic E-state index is 8.81. The molecule has 0 aliphatic rings. The molecule has 0 bridgehead atoms. The van der Waals surface area contributed by atoms with E-state index < -0.39 is 0 Å². The second kappa shape index (κ2) is 10.1. The summed E-state index contributed by atoms with van der Waals surface area (Å²) in [5.41, 5.74) is 5.10. The largest absolute Gasteiger partial charge is 0.493 e. The van der Waals surface area contributed by atoms with E-state index in [1.165, 1.54) is 6.08 Å². The minimum Gasteiger partial charge on any atom is -0.493 e. The number of nitriles is 1. The Morgan fingerprint density at radius 3 is 2.38 bits per heavy atom. The highest BCUT2D eigenvalue weighted by Gasteiger charge is 2.15. The van der Waals surface area contributed by atoms with E-state index in [0.29, 0.717) is 17.3 Å². The average molecular weight is 451 g/mol. The summed E-state index contributed by atoms with van der Waals surface area (Å²) in [6.07, 6.45) is 3.30. The van der Waals surface area contributed by atoms with E-state index in [9.17, 15) is 0 Å². The normalized spacial score (nSPS) is 11.9. The lowest BCUT2D eigenvalue weighted by Gasteiger charge is -2.18. The molecule has 3 aromatic carbocycles. The van der Waals surface area contributed by atoms with Gasteiger partial charge in [0.15, 0.2) is 11.5 Å². The molecule has 0 spiro atoms. The molecule has 1 atom stereocenters. The van der Waals surface area contributed by atoms with Crippen LogP contribution in [0.5, 0.6) is 11.5 Å². The number of anilines is 1. The van der Waals surface area contributed by atoms with Gasteiger partial charge in [0, 0.05) is 23.6 Å². The molecule has 4 rings (SSSR count). The van der Waals surface area contributed by atoms with Gasteiger partial charge in [-0.05, 0) is 60.4 Å². The maximum Gasteiger partial charge on any atom is 0.162 e. The summed E-state index contributed by atoms with van der Waals surface area (Å²) in [6, 6.07) is 22.3. The van der Waals surface area contributed by atoms with Crippen molar-refractivity contribution in [2.24, 2.45) is 0 Å². The van der Waals surface area contributed by atoms with Crippen molar-refractivity contribution in [1.29, 1.82) is 5.26 Å². The molecule has 4 aromatic rings. The molecule has 0 fully saturated rings. The third-order valence-electron chi connectivity index (χ3n) is 5.62. The molecule has 1 heterocycles. The van der Waals surface area contributed by atoms with Crippen LogP contribution in [0, 0.1) is 18.3 Å². The maximum atomic E-state index is 8.81. The molecular formula is C28H26N4O2. The number of rotatable bonds is 7. The number of benzene rings is 3. The Kier molecular flexibility index (Phi) is 6.74. The molecule has 6 nitrogen and oxygen atoms in total. The molecule has 1 aromatic heterocycles. The first-order chi connectivity index (χ1) is 16.5. The topological polar surface area (TPSA) is 80.1 Å². The Hall–Kier alpha value is -4.37. The lowest BCUT2D eigenvalue weighted by Crippen LogP contribution is -2.10. The van der Waals surface area contributed by atoms with Crippen LogP contribution in [0.25, 0.3) is 28.1 Å². The Bertz CT molecular complexity index is 1410. The minimum absolute atomic E-state index is 0.00721. The van der Waals surface area contributed by atoms with Crippen LogP contribution in [0.4, 0.5) is 5.82 Å². The van der Waals surface area contributed by atoms with E-state index >= 15 is 0 Å². The van der Waals surface area contributed by atoms with E-state index in [-0.39, 0.29) is 6.04 Å². The summed E-state index contributed by atoms with van der Waals surface area (Å²) >= 11 is 0. The van der Waals surface area contributed by atoms with E-state index in [0.717, 1.165) is 39.0 Å². The molecule has 6 heteroatoms. The Labute approximate surface area is 199 Å². The number of nitrogens with one attached hydrogen (secondary N) is 1. The van der Waals surface area contributed by atoms with Gasteiger partial charge in [0.1, 0.15) is 11.6 Å². The smallest absolute Gasteiger partial charge is 0.162 e. The van der Waals surface area contributed by atoms with Crippen LogP contribution in [0.3, 0.4) is 0 Å². The van der Waals surface area contributed by atoms with Crippen molar-refractivity contribution in [3.63, 3.8) is 0 Å². The van der Waals surface area contributed by atoms with Gasteiger partial charge < -0.3 is 14.8 Å². The van der Waals surface area contributed by atoms with Gasteiger partial charge in [0.25, 0.3) is 0 Å². The standard InChI is InChI=1S/C28H26N4O2/c1-18(21-10-6-12-23(15-21)22-11-5-8-20(14-22)9-7-13-29)30-28-24-16-26(33-3)27(34-4)17-25(24)31-19(2)32-28/h5-12,14-18H,1-4H3,(H,30,31,32)/b9-7+. The van der Waals surface area contributed by atoms with Crippen LogP contribution >= 0.6 is 0 Å². The van der Waals surface area contributed by atoms with Crippen molar-refractivity contribution in [3.8, 4) is 28.7 Å². The van der Waals surface area contributed by atoms with Crippen LogP contribution in [0.1, 0.15) is 29.9 Å². The number of hydrogen-bond donors (Lipinski definition) is 1. The van der Waals surface area contributed by atoms with E-state index in [4.69, 9.17) is 14.7 Å². The van der Waals surface area contributed by atoms with E-state index in [1.54, 1.807) is 14.2 Å². The van der Waals surface area contributed by atoms with Crippen molar-refractivity contribution in [3.05, 3.63) is 83.7 Å². The summed E-state index contributed by atoms with van der Waals surface area (Å²) in [6.45, 7) is 3.98. The Morgan fingerprint density at radius 2 is 1.65 bits per heavy atom. The molecule has 0 saturated carbocycles. The fraction of sp³-hybridized carbons (Fsp3) is 0.179. The molecular weight excluding hydrogens is 424 g/mol. The molecule has 34 heavy (non-hydrogen) atoms. The number of hydrogen-bond acceptors (Lipinski definition) is 6. The first-order valence-corrected chi connectivity index (χ1v) is 11.0. The van der Waals surface area contributed by atoms with Crippen molar-refractivity contribution in [1.82, 2.24) is 9.97 Å². The SMILES string of the molecule is COc1cc2nc(C)nc(NC(C)c3cccc(-c4cccc(/C=C/C#N)c4)c3)c2cc1OC. The first-order valence-electron chi connectivity index (χ1n) is 11.0. The van der Waals surface area contributed by atoms with Gasteiger partial charge in [-0.2, -0.15) is 5.26 Å². The van der Waals surface area contributed by atoms with Crippen LogP contribution in [0.2, 0.25) is 0 Å². The number of fused-ring (bicyclic) bond motifs is 1. The van der Waals surface area contributed by atoms with Gasteiger partial charge in [-0.1, -0.05) is 36.4 Å². The molecule has 1 unspecified atom stereocenters. The molecule has 0 amide bonds. The molecule has 0 aliphatic heterocycles. The third-order valence-corrected chi connectivity index (χ3v) is 5.62. The number of ether oxygens (including phenoxy) is 2. The number of methoxy groups -OCH3 is 2. The predicted molar refractivity (Wildman–Crippen MR) is 136 cm³/mol. The van der Waals surface area contributed by atoms with Gasteiger partial charge in [0.05, 0.1) is 25.8 Å². The molecule has 0 aliphatic carbocycles. The zero-order valence-corrected chi connectivity index (χ0v) is 19.7. The van der Waals surface area contributed by atoms with Crippen LogP contribution in [-0.2, 0) is 0 Å². The van der Waals surface area contributed by atoms with Gasteiger partial charge in [-0.3, -0.25) is 0 Å². The lowest BCUT2D eigenvalue weighted by atomic mass is 9.98. The number of aromatic nitrogens is 2. The first kappa shape index (κ1) is 22.8. The average Bonchev–Trinajstić information content (AvgIpc) is 2.86. The number of allylic oxidation sites excluding steroid dienone is 1. The van der Waals surface area contributed by atoms with Crippen LogP contribution < -0.4 is 14.8 Å². The summed E-state index contributed by atoms with van der Waals surface area (Å²) in [5.74, 6) is 2.67. The van der Waals surface area contributed by atoms with Crippen LogP contribution in [0.15, 0.2) is 66.7 Å². The highest BCUT2D eigenvalue weighted by Crippen LogP contribution is 2.35.